The van der Waals surface area contributed by atoms with Gasteiger partial charge >= 0.3 is 0 Å². The monoisotopic (exact) mass is 461 g/mol. The summed E-state index contributed by atoms with van der Waals surface area (Å²) in [4.78, 5) is 18.9. The van der Waals surface area contributed by atoms with Crippen LogP contribution in [-0.4, -0.2) is 34.0 Å². The number of hydrogen-bond donors (Lipinski definition) is 0. The van der Waals surface area contributed by atoms with Gasteiger partial charge in [0, 0.05) is 18.7 Å². The average molecular weight is 462 g/mol. The molecule has 1 amide bonds. The van der Waals surface area contributed by atoms with E-state index in [4.69, 9.17) is 4.52 Å². The van der Waals surface area contributed by atoms with E-state index in [1.807, 2.05) is 0 Å². The first-order chi connectivity index (χ1) is 14.0. The smallest absolute Gasteiger partial charge is 0.231 e. The SMILES string of the molecule is O=C(Cc1ccc(F)c(Br)c1)N1CCCC(c2nc(-c3cccc(F)c3)no2)C1. The quantitative estimate of drug-likeness (QED) is 0.563. The zero-order valence-corrected chi connectivity index (χ0v) is 17.0. The standard InChI is InChI=1S/C21H18BrF2N3O2/c22-17-9-13(6-7-18(17)24)10-19(28)27-8-2-4-15(12-27)21-25-20(26-29-21)14-3-1-5-16(23)11-14/h1,3,5-7,9,11,15H,2,4,8,10,12H2. The molecular formula is C21H18BrF2N3O2. The van der Waals surface area contributed by atoms with Gasteiger partial charge in [-0.25, -0.2) is 8.78 Å². The number of carbonyl (C=O) groups excluding carboxylic acids is 1. The van der Waals surface area contributed by atoms with Crippen molar-refractivity contribution in [2.45, 2.75) is 25.2 Å². The molecule has 1 unspecified atom stereocenters. The van der Waals surface area contributed by atoms with Crippen LogP contribution in [0.5, 0.6) is 0 Å². The Hall–Kier alpha value is -2.61. The lowest BCUT2D eigenvalue weighted by atomic mass is 9.97. The topological polar surface area (TPSA) is 59.2 Å². The number of nitrogens with zero attached hydrogens (tertiary/aromatic N) is 3. The number of halogens is 3. The van der Waals surface area contributed by atoms with E-state index in [2.05, 4.69) is 26.1 Å². The summed E-state index contributed by atoms with van der Waals surface area (Å²) in [5.41, 5.74) is 1.29. The molecule has 29 heavy (non-hydrogen) atoms. The van der Waals surface area contributed by atoms with Crippen molar-refractivity contribution in [3.8, 4) is 11.4 Å². The molecule has 1 saturated heterocycles. The van der Waals surface area contributed by atoms with E-state index >= 15 is 0 Å². The number of rotatable bonds is 4. The Labute approximate surface area is 174 Å². The molecule has 2 heterocycles. The van der Waals surface area contributed by atoms with Crippen molar-refractivity contribution in [2.24, 2.45) is 0 Å². The van der Waals surface area contributed by atoms with Gasteiger partial charge in [-0.1, -0.05) is 23.4 Å². The summed E-state index contributed by atoms with van der Waals surface area (Å²) in [6.45, 7) is 1.13. The van der Waals surface area contributed by atoms with Crippen molar-refractivity contribution >= 4 is 21.8 Å². The van der Waals surface area contributed by atoms with Crippen LogP contribution >= 0.6 is 15.9 Å². The predicted octanol–water partition coefficient (Wildman–Crippen LogP) is 4.73. The highest BCUT2D eigenvalue weighted by molar-refractivity contribution is 9.10. The second-order valence-corrected chi connectivity index (χ2v) is 7.93. The lowest BCUT2D eigenvalue weighted by molar-refractivity contribution is -0.131. The molecule has 0 N–H and O–H groups in total. The van der Waals surface area contributed by atoms with Crippen molar-refractivity contribution in [3.63, 3.8) is 0 Å². The number of hydrogen-bond acceptors (Lipinski definition) is 4. The molecule has 2 aromatic carbocycles. The third-order valence-electron chi connectivity index (χ3n) is 4.99. The van der Waals surface area contributed by atoms with Gasteiger partial charge in [0.1, 0.15) is 11.6 Å². The molecule has 1 aromatic heterocycles. The lowest BCUT2D eigenvalue weighted by Gasteiger charge is -2.31. The number of benzene rings is 2. The Morgan fingerprint density at radius 2 is 2.10 bits per heavy atom. The summed E-state index contributed by atoms with van der Waals surface area (Å²) in [5, 5.41) is 3.96. The van der Waals surface area contributed by atoms with Gasteiger partial charge < -0.3 is 9.42 Å². The van der Waals surface area contributed by atoms with Gasteiger partial charge in [-0.2, -0.15) is 4.98 Å². The first-order valence-electron chi connectivity index (χ1n) is 9.31. The van der Waals surface area contributed by atoms with Gasteiger partial charge in [-0.05, 0) is 58.6 Å². The van der Waals surface area contributed by atoms with E-state index in [1.165, 1.54) is 18.2 Å². The van der Waals surface area contributed by atoms with Crippen LogP contribution in [0.2, 0.25) is 0 Å². The van der Waals surface area contributed by atoms with Crippen LogP contribution in [0.4, 0.5) is 8.78 Å². The van der Waals surface area contributed by atoms with E-state index in [0.717, 1.165) is 18.4 Å². The summed E-state index contributed by atoms with van der Waals surface area (Å²) >= 11 is 3.15. The normalized spacial score (nSPS) is 16.8. The Morgan fingerprint density at radius 1 is 1.24 bits per heavy atom. The molecule has 1 atom stereocenters. The summed E-state index contributed by atoms with van der Waals surface area (Å²) in [6.07, 6.45) is 1.85. The van der Waals surface area contributed by atoms with Crippen LogP contribution < -0.4 is 0 Å². The van der Waals surface area contributed by atoms with Gasteiger partial charge in [-0.3, -0.25) is 4.79 Å². The Bertz CT molecular complexity index is 1040. The van der Waals surface area contributed by atoms with Gasteiger partial charge in [0.15, 0.2) is 0 Å². The highest BCUT2D eigenvalue weighted by Crippen LogP contribution is 2.28. The molecule has 4 rings (SSSR count). The lowest BCUT2D eigenvalue weighted by Crippen LogP contribution is -2.40. The summed E-state index contributed by atoms with van der Waals surface area (Å²) in [6, 6.07) is 10.6. The van der Waals surface area contributed by atoms with Crippen LogP contribution in [0.15, 0.2) is 51.5 Å². The van der Waals surface area contributed by atoms with Gasteiger partial charge in [0.2, 0.25) is 17.6 Å². The number of likely N-dealkylation sites (tertiary alicyclic amines) is 1. The molecule has 0 aliphatic carbocycles. The molecule has 5 nitrogen and oxygen atoms in total. The first-order valence-corrected chi connectivity index (χ1v) is 10.1. The molecule has 1 aliphatic heterocycles. The Kier molecular flexibility index (Phi) is 5.71. The van der Waals surface area contributed by atoms with E-state index in [1.54, 1.807) is 29.2 Å². The first kappa shape index (κ1) is 19.7. The molecule has 1 fully saturated rings. The average Bonchev–Trinajstić information content (AvgIpc) is 3.21. The van der Waals surface area contributed by atoms with Crippen molar-refractivity contribution in [1.29, 1.82) is 0 Å². The van der Waals surface area contributed by atoms with Crippen LogP contribution in [0.1, 0.15) is 30.2 Å². The maximum atomic E-state index is 13.4. The summed E-state index contributed by atoms with van der Waals surface area (Å²) < 4.78 is 32.6. The molecule has 0 bridgehead atoms. The Morgan fingerprint density at radius 3 is 2.90 bits per heavy atom. The molecule has 0 saturated carbocycles. The van der Waals surface area contributed by atoms with Gasteiger partial charge in [0.25, 0.3) is 0 Å². The summed E-state index contributed by atoms with van der Waals surface area (Å²) in [5.74, 6) is -0.0358. The maximum Gasteiger partial charge on any atom is 0.231 e. The van der Waals surface area contributed by atoms with Crippen molar-refractivity contribution in [2.75, 3.05) is 13.1 Å². The molecule has 0 radical (unpaired) electrons. The van der Waals surface area contributed by atoms with Crippen LogP contribution in [0.3, 0.4) is 0 Å². The minimum absolute atomic E-state index is 0.0296. The van der Waals surface area contributed by atoms with Crippen molar-refractivity contribution in [3.05, 3.63) is 70.0 Å². The number of piperidine rings is 1. The second-order valence-electron chi connectivity index (χ2n) is 7.07. The van der Waals surface area contributed by atoms with Crippen molar-refractivity contribution < 1.29 is 18.1 Å². The molecular weight excluding hydrogens is 444 g/mol. The van der Waals surface area contributed by atoms with Gasteiger partial charge in [0.05, 0.1) is 16.8 Å². The Balaban J connectivity index is 1.44. The third-order valence-corrected chi connectivity index (χ3v) is 5.59. The van der Waals surface area contributed by atoms with E-state index in [9.17, 15) is 13.6 Å². The van der Waals surface area contributed by atoms with Crippen LogP contribution in [0.25, 0.3) is 11.4 Å². The van der Waals surface area contributed by atoms with E-state index < -0.39 is 0 Å². The van der Waals surface area contributed by atoms with Crippen LogP contribution in [-0.2, 0) is 11.2 Å². The number of amides is 1. The molecule has 3 aromatic rings. The molecule has 1 aliphatic rings. The van der Waals surface area contributed by atoms with Gasteiger partial charge in [-0.15, -0.1) is 0 Å². The summed E-state index contributed by atoms with van der Waals surface area (Å²) in [7, 11) is 0. The highest BCUT2D eigenvalue weighted by Gasteiger charge is 2.28. The fourth-order valence-corrected chi connectivity index (χ4v) is 3.91. The molecule has 8 heteroatoms. The molecule has 0 spiro atoms. The zero-order valence-electron chi connectivity index (χ0n) is 15.4. The van der Waals surface area contributed by atoms with E-state index in [-0.39, 0.29) is 29.9 Å². The minimum Gasteiger partial charge on any atom is -0.342 e. The van der Waals surface area contributed by atoms with E-state index in [0.29, 0.717) is 34.8 Å². The predicted molar refractivity (Wildman–Crippen MR) is 106 cm³/mol. The second kappa shape index (κ2) is 8.41. The maximum absolute atomic E-state index is 13.4. The number of carbonyl (C=O) groups is 1. The van der Waals surface area contributed by atoms with Crippen molar-refractivity contribution in [1.82, 2.24) is 15.0 Å². The minimum atomic E-state index is -0.365. The fourth-order valence-electron chi connectivity index (χ4n) is 3.49. The zero-order chi connectivity index (χ0) is 20.4. The largest absolute Gasteiger partial charge is 0.342 e. The third kappa shape index (κ3) is 4.53. The van der Waals surface area contributed by atoms with Crippen LogP contribution in [0, 0.1) is 11.6 Å². The highest BCUT2D eigenvalue weighted by atomic mass is 79.9. The fraction of sp³-hybridized carbons (Fsp3) is 0.286. The molecule has 150 valence electrons. The number of aromatic nitrogens is 2.